The summed E-state index contributed by atoms with van der Waals surface area (Å²) in [4.78, 5) is 10.3. The maximum Gasteiger partial charge on any atom is 0.303 e. The molecule has 0 aliphatic heterocycles. The van der Waals surface area contributed by atoms with Gasteiger partial charge in [-0.15, -0.1) is 0 Å². The van der Waals surface area contributed by atoms with Crippen LogP contribution in [0.5, 0.6) is 0 Å². The molecule has 1 rings (SSSR count). The number of rotatable bonds is 2. The lowest BCUT2D eigenvalue weighted by Gasteiger charge is -1.95. The van der Waals surface area contributed by atoms with Crippen LogP contribution in [0.1, 0.15) is 12.7 Å². The smallest absolute Gasteiger partial charge is 0.303 e. The second-order valence-corrected chi connectivity index (χ2v) is 1.80. The molecule has 0 aliphatic rings. The van der Waals surface area contributed by atoms with Crippen LogP contribution in [0.3, 0.4) is 0 Å². The van der Waals surface area contributed by atoms with Gasteiger partial charge in [-0.2, -0.15) is 0 Å². The van der Waals surface area contributed by atoms with Crippen molar-refractivity contribution in [2.75, 3.05) is 0 Å². The molecule has 53 valence electrons. The number of carbonyl (C=O) groups is 1. The fraction of sp³-hybridized carbons (Fsp3) is 0.286. The molecule has 0 N–H and O–H groups in total. The third-order valence-electron chi connectivity index (χ3n) is 0.945. The Morgan fingerprint density at radius 1 is 1.90 bits per heavy atom. The Balaban J connectivity index is 2.35. The molecule has 0 saturated heterocycles. The summed E-state index contributed by atoms with van der Waals surface area (Å²) < 4.78 is 9.42. The first-order chi connectivity index (χ1) is 4.79. The van der Waals surface area contributed by atoms with Crippen molar-refractivity contribution >= 4 is 5.97 Å². The van der Waals surface area contributed by atoms with E-state index >= 15 is 0 Å². The summed E-state index contributed by atoms with van der Waals surface area (Å²) in [7, 11) is 0. The molecule has 0 fully saturated rings. The average molecular weight is 139 g/mol. The van der Waals surface area contributed by atoms with E-state index in [9.17, 15) is 4.79 Å². The van der Waals surface area contributed by atoms with Gasteiger partial charge in [-0.3, -0.25) is 4.79 Å². The number of carbonyl (C=O) groups excluding carboxylic acids is 1. The third-order valence-corrected chi connectivity index (χ3v) is 0.945. The number of ether oxygens (including phenoxy) is 1. The molecule has 1 aromatic heterocycles. The van der Waals surface area contributed by atoms with Crippen molar-refractivity contribution in [3.05, 3.63) is 24.2 Å². The number of hydrogen-bond acceptors (Lipinski definition) is 3. The fourth-order valence-electron chi connectivity index (χ4n) is 0.521. The Morgan fingerprint density at radius 3 is 3.20 bits per heavy atom. The van der Waals surface area contributed by atoms with E-state index < -0.39 is 0 Å². The summed E-state index contributed by atoms with van der Waals surface area (Å²) in [5, 5.41) is 0. The number of furan rings is 1. The van der Waals surface area contributed by atoms with Gasteiger partial charge in [0.25, 0.3) is 0 Å². The molecule has 1 aromatic rings. The van der Waals surface area contributed by atoms with Crippen molar-refractivity contribution in [2.45, 2.75) is 13.5 Å². The lowest BCUT2D eigenvalue weighted by molar-refractivity contribution is -0.142. The zero-order chi connectivity index (χ0) is 7.40. The molecule has 0 aliphatic carbocycles. The number of hydrogen-bond donors (Lipinski definition) is 0. The molecule has 0 amide bonds. The summed E-state index contributed by atoms with van der Waals surface area (Å²) in [5.41, 5.74) is 0. The second kappa shape index (κ2) is 3.06. The molecule has 1 radical (unpaired) electrons. The topological polar surface area (TPSA) is 39.4 Å². The van der Waals surface area contributed by atoms with Gasteiger partial charge in [0.1, 0.15) is 12.4 Å². The Labute approximate surface area is 58.6 Å². The molecular weight excluding hydrogens is 132 g/mol. The predicted molar refractivity (Wildman–Crippen MR) is 33.0 cm³/mol. The van der Waals surface area contributed by atoms with Crippen LogP contribution in [0.25, 0.3) is 0 Å². The van der Waals surface area contributed by atoms with E-state index in [1.165, 1.54) is 6.92 Å². The first-order valence-corrected chi connectivity index (χ1v) is 2.87. The fourth-order valence-corrected chi connectivity index (χ4v) is 0.521. The van der Waals surface area contributed by atoms with Gasteiger partial charge < -0.3 is 9.15 Å². The van der Waals surface area contributed by atoms with Crippen molar-refractivity contribution in [1.82, 2.24) is 0 Å². The monoisotopic (exact) mass is 139 g/mol. The van der Waals surface area contributed by atoms with Crippen LogP contribution < -0.4 is 0 Å². The van der Waals surface area contributed by atoms with Crippen LogP contribution in [0.2, 0.25) is 0 Å². The SMILES string of the molecule is CC(=O)OCc1cc[c]o1. The van der Waals surface area contributed by atoms with Crippen molar-refractivity contribution in [1.29, 1.82) is 0 Å². The second-order valence-electron chi connectivity index (χ2n) is 1.80. The Kier molecular flexibility index (Phi) is 2.10. The van der Waals surface area contributed by atoms with Gasteiger partial charge in [0.05, 0.1) is 0 Å². The van der Waals surface area contributed by atoms with Crippen molar-refractivity contribution in [2.24, 2.45) is 0 Å². The van der Waals surface area contributed by atoms with E-state index in [1.807, 2.05) is 0 Å². The average Bonchev–Trinajstić information content (AvgIpc) is 2.34. The van der Waals surface area contributed by atoms with Gasteiger partial charge >= 0.3 is 5.97 Å². The highest BCUT2D eigenvalue weighted by atomic mass is 16.5. The van der Waals surface area contributed by atoms with Gasteiger partial charge in [-0.1, -0.05) is 0 Å². The zero-order valence-electron chi connectivity index (χ0n) is 5.59. The molecule has 3 heteroatoms. The molecule has 0 bridgehead atoms. The highest BCUT2D eigenvalue weighted by Crippen LogP contribution is 2.00. The molecular formula is C7H7O3. The lowest BCUT2D eigenvalue weighted by Crippen LogP contribution is -1.97. The maximum atomic E-state index is 10.3. The van der Waals surface area contributed by atoms with Crippen LogP contribution in [-0.4, -0.2) is 5.97 Å². The molecule has 10 heavy (non-hydrogen) atoms. The summed E-state index contributed by atoms with van der Waals surface area (Å²) in [6.07, 6.45) is 2.49. The van der Waals surface area contributed by atoms with Crippen molar-refractivity contribution < 1.29 is 13.9 Å². The van der Waals surface area contributed by atoms with Gasteiger partial charge in [-0.25, -0.2) is 0 Å². The lowest BCUT2D eigenvalue weighted by atomic mass is 10.5. The Bertz CT molecular complexity index is 201. The first-order valence-electron chi connectivity index (χ1n) is 2.87. The van der Waals surface area contributed by atoms with Crippen molar-refractivity contribution in [3.8, 4) is 0 Å². The minimum atomic E-state index is -0.309. The van der Waals surface area contributed by atoms with Crippen LogP contribution >= 0.6 is 0 Å². The largest absolute Gasteiger partial charge is 0.458 e. The van der Waals surface area contributed by atoms with Crippen LogP contribution in [0, 0.1) is 6.26 Å². The normalized spacial score (nSPS) is 9.30. The van der Waals surface area contributed by atoms with Crippen molar-refractivity contribution in [3.63, 3.8) is 0 Å². The van der Waals surface area contributed by atoms with Gasteiger partial charge in [0, 0.05) is 6.92 Å². The molecule has 0 aromatic carbocycles. The highest BCUT2D eigenvalue weighted by molar-refractivity contribution is 5.65. The number of esters is 1. The van der Waals surface area contributed by atoms with E-state index in [1.54, 1.807) is 12.1 Å². The first kappa shape index (κ1) is 6.86. The quantitative estimate of drug-likeness (QED) is 0.577. The van der Waals surface area contributed by atoms with E-state index in [0.29, 0.717) is 5.76 Å². The third kappa shape index (κ3) is 1.93. The van der Waals surface area contributed by atoms with Crippen LogP contribution in [-0.2, 0) is 16.1 Å². The van der Waals surface area contributed by atoms with E-state index in [-0.39, 0.29) is 12.6 Å². The summed E-state index contributed by atoms with van der Waals surface area (Å²) >= 11 is 0. The Hall–Kier alpha value is -1.25. The van der Waals surface area contributed by atoms with E-state index in [4.69, 9.17) is 4.42 Å². The predicted octanol–water partition coefficient (Wildman–Crippen LogP) is 1.14. The Morgan fingerprint density at radius 2 is 2.70 bits per heavy atom. The standard InChI is InChI=1S/C7H7O3/c1-6(8)10-5-7-3-2-4-9-7/h2-3H,5H2,1H3. The minimum absolute atomic E-state index is 0.193. The highest BCUT2D eigenvalue weighted by Gasteiger charge is 1.96. The minimum Gasteiger partial charge on any atom is -0.458 e. The molecule has 0 atom stereocenters. The van der Waals surface area contributed by atoms with Crippen LogP contribution in [0.4, 0.5) is 0 Å². The molecule has 0 unspecified atom stereocenters. The zero-order valence-corrected chi connectivity index (χ0v) is 5.59. The van der Waals surface area contributed by atoms with Gasteiger partial charge in [0.15, 0.2) is 6.26 Å². The van der Waals surface area contributed by atoms with Gasteiger partial charge in [0.2, 0.25) is 0 Å². The molecule has 0 saturated carbocycles. The summed E-state index contributed by atoms with van der Waals surface area (Å²) in [6, 6.07) is 3.32. The van der Waals surface area contributed by atoms with Crippen LogP contribution in [0.15, 0.2) is 16.5 Å². The van der Waals surface area contributed by atoms with E-state index in [0.717, 1.165) is 0 Å². The maximum absolute atomic E-state index is 10.3. The molecule has 0 spiro atoms. The van der Waals surface area contributed by atoms with Gasteiger partial charge in [-0.05, 0) is 12.1 Å². The summed E-state index contributed by atoms with van der Waals surface area (Å²) in [5.74, 6) is 0.298. The molecule has 3 nitrogen and oxygen atoms in total. The van der Waals surface area contributed by atoms with E-state index in [2.05, 4.69) is 11.0 Å². The molecule has 1 heterocycles. The summed E-state index contributed by atoms with van der Waals surface area (Å²) in [6.45, 7) is 1.55.